The van der Waals surface area contributed by atoms with Crippen LogP contribution in [0.3, 0.4) is 0 Å². The van der Waals surface area contributed by atoms with Crippen molar-refractivity contribution >= 4 is 12.0 Å². The maximum absolute atomic E-state index is 12.7. The molecule has 1 N–H and O–H groups in total. The predicted octanol–water partition coefficient (Wildman–Crippen LogP) is 6.03. The number of hydrogen-bond acceptors (Lipinski definition) is 3. The van der Waals surface area contributed by atoms with Crippen molar-refractivity contribution in [1.82, 2.24) is 10.2 Å². The molecule has 1 saturated heterocycles. The third kappa shape index (κ3) is 4.07. The fraction of sp³-hybridized carbons (Fsp3) is 0.733. The van der Waals surface area contributed by atoms with E-state index in [1.165, 1.54) is 25.7 Å². The third-order valence-electron chi connectivity index (χ3n) is 11.1. The zero-order valence-corrected chi connectivity index (χ0v) is 22.3. The number of piperidine rings is 1. The largest absolute Gasteiger partial charge is 0.446 e. The van der Waals surface area contributed by atoms with Crippen LogP contribution in [0, 0.1) is 40.4 Å². The van der Waals surface area contributed by atoms with Gasteiger partial charge in [0, 0.05) is 32.0 Å². The average molecular weight is 481 g/mol. The number of nitrogens with zero attached hydrogens (tertiary/aromatic N) is 1. The number of carbonyl (C=O) groups is 2. The fourth-order valence-electron chi connectivity index (χ4n) is 9.61. The summed E-state index contributed by atoms with van der Waals surface area (Å²) in [5.41, 5.74) is 1.53. The molecule has 0 unspecified atom stereocenters. The van der Waals surface area contributed by atoms with Gasteiger partial charge in [-0.1, -0.05) is 51.1 Å². The van der Waals surface area contributed by atoms with Crippen LogP contribution < -0.4 is 5.32 Å². The maximum atomic E-state index is 12.7. The maximum Gasteiger partial charge on any atom is 0.407 e. The molecule has 1 heterocycles. The molecule has 4 aliphatic rings. The number of hydrogen-bond donors (Lipinski definition) is 1. The van der Waals surface area contributed by atoms with E-state index in [1.54, 1.807) is 0 Å². The fourth-order valence-corrected chi connectivity index (χ4v) is 9.61. The lowest BCUT2D eigenvalue weighted by Crippen LogP contribution is -2.61. The Morgan fingerprint density at radius 1 is 1.11 bits per heavy atom. The van der Waals surface area contributed by atoms with Gasteiger partial charge in [0.25, 0.3) is 0 Å². The van der Waals surface area contributed by atoms with Gasteiger partial charge in [-0.05, 0) is 85.5 Å². The molecule has 3 aliphatic carbocycles. The Kier molecular flexibility index (Phi) is 6.42. The minimum Gasteiger partial charge on any atom is -0.446 e. The van der Waals surface area contributed by atoms with Crippen molar-refractivity contribution in [2.24, 2.45) is 40.4 Å². The lowest BCUT2D eigenvalue weighted by atomic mass is 9.46. The Labute approximate surface area is 211 Å². The molecule has 192 valence electrons. The second-order valence-corrected chi connectivity index (χ2v) is 12.7. The standard InChI is InChI=1S/C30H44N2O3/c1-19-17-24-22-11-12-25-29(3,16-14-26(33)32(25)5)23(22)13-15-30(24,4)27(19)20(2)35-28(34)31-18-21-9-7-6-8-10-21/h6-10,19-20,22-25,27H,11-18H2,1-5H3,(H,31,34)/t19-,20+,22+,23-,24-,25+,27+,29+,30-/m0/s1. The molecule has 1 aliphatic heterocycles. The van der Waals surface area contributed by atoms with Gasteiger partial charge in [0.1, 0.15) is 6.10 Å². The molecule has 5 heteroatoms. The van der Waals surface area contributed by atoms with E-state index in [0.29, 0.717) is 48.6 Å². The van der Waals surface area contributed by atoms with Crippen LogP contribution in [0.1, 0.15) is 78.2 Å². The molecule has 3 saturated carbocycles. The van der Waals surface area contributed by atoms with Gasteiger partial charge in [0.2, 0.25) is 5.91 Å². The van der Waals surface area contributed by atoms with Gasteiger partial charge < -0.3 is 15.0 Å². The molecular weight excluding hydrogens is 436 g/mol. The third-order valence-corrected chi connectivity index (χ3v) is 11.1. The Morgan fingerprint density at radius 2 is 1.86 bits per heavy atom. The molecule has 0 aromatic heterocycles. The number of alkyl carbamates (subject to hydrolysis) is 1. The van der Waals surface area contributed by atoms with Crippen LogP contribution >= 0.6 is 0 Å². The number of rotatable bonds is 4. The molecule has 0 bridgehead atoms. The number of benzene rings is 1. The Morgan fingerprint density at radius 3 is 2.60 bits per heavy atom. The lowest BCUT2D eigenvalue weighted by molar-refractivity contribution is -0.159. The van der Waals surface area contributed by atoms with E-state index in [4.69, 9.17) is 4.74 Å². The van der Waals surface area contributed by atoms with Crippen molar-refractivity contribution in [3.05, 3.63) is 35.9 Å². The van der Waals surface area contributed by atoms with E-state index in [1.807, 2.05) is 37.4 Å². The highest BCUT2D eigenvalue weighted by molar-refractivity contribution is 5.77. The monoisotopic (exact) mass is 480 g/mol. The van der Waals surface area contributed by atoms with Crippen molar-refractivity contribution in [1.29, 1.82) is 0 Å². The van der Waals surface area contributed by atoms with Gasteiger partial charge in [-0.2, -0.15) is 0 Å². The Balaban J connectivity index is 1.28. The van der Waals surface area contributed by atoms with Crippen LogP contribution in [0.4, 0.5) is 4.79 Å². The number of fused-ring (bicyclic) bond motifs is 5. The molecule has 9 atom stereocenters. The van der Waals surface area contributed by atoms with Crippen LogP contribution in [0.15, 0.2) is 30.3 Å². The molecule has 0 radical (unpaired) electrons. The SMILES string of the molecule is C[C@H]1C[C@H]2[C@@H]3CC[C@H]4N(C)C(=O)CC[C@]4(C)[C@H]3CC[C@]2(C)[C@H]1[C@@H](C)OC(=O)NCc1ccccc1. The molecule has 0 spiro atoms. The topological polar surface area (TPSA) is 58.6 Å². The van der Waals surface area contributed by atoms with Crippen molar-refractivity contribution < 1.29 is 14.3 Å². The van der Waals surface area contributed by atoms with E-state index in [-0.39, 0.29) is 23.0 Å². The zero-order valence-electron chi connectivity index (χ0n) is 22.3. The predicted molar refractivity (Wildman–Crippen MR) is 137 cm³/mol. The summed E-state index contributed by atoms with van der Waals surface area (Å²) in [5, 5.41) is 2.95. The number of ether oxygens (including phenoxy) is 1. The Hall–Kier alpha value is -2.04. The number of likely N-dealkylation sites (tertiary alicyclic amines) is 1. The van der Waals surface area contributed by atoms with Crippen LogP contribution in [-0.2, 0) is 16.1 Å². The van der Waals surface area contributed by atoms with Gasteiger partial charge in [0.05, 0.1) is 0 Å². The van der Waals surface area contributed by atoms with Gasteiger partial charge in [-0.15, -0.1) is 0 Å². The molecule has 5 nitrogen and oxygen atoms in total. The first kappa shape index (κ1) is 24.6. The van der Waals surface area contributed by atoms with Crippen LogP contribution in [-0.4, -0.2) is 36.1 Å². The summed E-state index contributed by atoms with van der Waals surface area (Å²) in [6.45, 7) is 9.97. The summed E-state index contributed by atoms with van der Waals surface area (Å²) in [4.78, 5) is 27.2. The van der Waals surface area contributed by atoms with Crippen molar-refractivity contribution in [2.75, 3.05) is 7.05 Å². The van der Waals surface area contributed by atoms with E-state index < -0.39 is 0 Å². The molecule has 1 aromatic carbocycles. The lowest BCUT2D eigenvalue weighted by Gasteiger charge is -2.62. The highest BCUT2D eigenvalue weighted by atomic mass is 16.6. The minimum absolute atomic E-state index is 0.0994. The second kappa shape index (κ2) is 9.12. The van der Waals surface area contributed by atoms with Crippen LogP contribution in [0.25, 0.3) is 0 Å². The summed E-state index contributed by atoms with van der Waals surface area (Å²) < 4.78 is 6.01. The molecular formula is C30H44N2O3. The first-order chi connectivity index (χ1) is 16.6. The zero-order chi connectivity index (χ0) is 25.0. The van der Waals surface area contributed by atoms with Crippen molar-refractivity contribution in [2.45, 2.75) is 91.3 Å². The van der Waals surface area contributed by atoms with Crippen LogP contribution in [0.2, 0.25) is 0 Å². The van der Waals surface area contributed by atoms with E-state index in [9.17, 15) is 9.59 Å². The minimum atomic E-state index is -0.308. The van der Waals surface area contributed by atoms with E-state index in [0.717, 1.165) is 24.3 Å². The Bertz CT molecular complexity index is 950. The molecule has 1 aromatic rings. The number of carbonyl (C=O) groups excluding carboxylic acids is 2. The molecule has 35 heavy (non-hydrogen) atoms. The first-order valence-corrected chi connectivity index (χ1v) is 13.9. The number of nitrogens with one attached hydrogen (secondary N) is 1. The second-order valence-electron chi connectivity index (χ2n) is 12.7. The first-order valence-electron chi connectivity index (χ1n) is 13.9. The quantitative estimate of drug-likeness (QED) is 0.573. The van der Waals surface area contributed by atoms with Gasteiger partial charge in [0.15, 0.2) is 0 Å². The summed E-state index contributed by atoms with van der Waals surface area (Å²) in [6.07, 6.45) is 7.39. The summed E-state index contributed by atoms with van der Waals surface area (Å²) >= 11 is 0. The van der Waals surface area contributed by atoms with Gasteiger partial charge >= 0.3 is 6.09 Å². The molecule has 4 fully saturated rings. The van der Waals surface area contributed by atoms with E-state index in [2.05, 4.69) is 37.9 Å². The molecule has 2 amide bonds. The van der Waals surface area contributed by atoms with E-state index >= 15 is 0 Å². The smallest absolute Gasteiger partial charge is 0.407 e. The normalized spacial score (nSPS) is 41.4. The number of amides is 2. The van der Waals surface area contributed by atoms with Crippen LogP contribution in [0.5, 0.6) is 0 Å². The highest BCUT2D eigenvalue weighted by Crippen LogP contribution is 2.67. The average Bonchev–Trinajstić information content (AvgIpc) is 3.11. The summed E-state index contributed by atoms with van der Waals surface area (Å²) in [5.74, 6) is 3.37. The van der Waals surface area contributed by atoms with Crippen molar-refractivity contribution in [3.63, 3.8) is 0 Å². The highest BCUT2D eigenvalue weighted by Gasteiger charge is 2.63. The summed E-state index contributed by atoms with van der Waals surface area (Å²) in [7, 11) is 2.03. The van der Waals surface area contributed by atoms with Gasteiger partial charge in [-0.3, -0.25) is 4.79 Å². The molecule has 5 rings (SSSR count). The van der Waals surface area contributed by atoms with Gasteiger partial charge in [-0.25, -0.2) is 4.79 Å². The summed E-state index contributed by atoms with van der Waals surface area (Å²) in [6, 6.07) is 10.4. The van der Waals surface area contributed by atoms with Crippen molar-refractivity contribution in [3.8, 4) is 0 Å².